The molecule has 2 aliphatic rings. The van der Waals surface area contributed by atoms with E-state index in [9.17, 15) is 9.59 Å². The van der Waals surface area contributed by atoms with E-state index in [4.69, 9.17) is 4.74 Å². The number of rotatable bonds is 3. The molecule has 20 heavy (non-hydrogen) atoms. The summed E-state index contributed by atoms with van der Waals surface area (Å²) in [5, 5.41) is 0. The molecule has 2 rings (SSSR count). The number of piperidine rings is 2. The van der Waals surface area contributed by atoms with Crippen LogP contribution in [0.2, 0.25) is 0 Å². The molecular weight excluding hydrogens is 256 g/mol. The van der Waals surface area contributed by atoms with Crippen molar-refractivity contribution in [3.63, 3.8) is 0 Å². The highest BCUT2D eigenvalue weighted by molar-refractivity contribution is 5.79. The van der Waals surface area contributed by atoms with Gasteiger partial charge in [-0.1, -0.05) is 0 Å². The third-order valence-corrected chi connectivity index (χ3v) is 4.49. The van der Waals surface area contributed by atoms with E-state index < -0.39 is 0 Å². The van der Waals surface area contributed by atoms with E-state index >= 15 is 0 Å². The maximum atomic E-state index is 12.5. The van der Waals surface area contributed by atoms with Crippen LogP contribution in [0, 0.1) is 11.8 Å². The minimum Gasteiger partial charge on any atom is -0.466 e. The van der Waals surface area contributed by atoms with Crippen molar-refractivity contribution in [3.8, 4) is 0 Å². The molecule has 2 aliphatic heterocycles. The smallest absolute Gasteiger partial charge is 0.309 e. The fourth-order valence-corrected chi connectivity index (χ4v) is 3.11. The number of carbonyl (C=O) groups is 2. The summed E-state index contributed by atoms with van der Waals surface area (Å²) in [5.74, 6) is 0.362. The molecule has 0 N–H and O–H groups in total. The van der Waals surface area contributed by atoms with Gasteiger partial charge < -0.3 is 14.5 Å². The molecule has 2 heterocycles. The van der Waals surface area contributed by atoms with E-state index in [2.05, 4.69) is 11.9 Å². The lowest BCUT2D eigenvalue weighted by atomic mass is 9.92. The number of amides is 1. The third kappa shape index (κ3) is 3.72. The molecule has 2 fully saturated rings. The van der Waals surface area contributed by atoms with Gasteiger partial charge in [0.15, 0.2) is 0 Å². The molecular formula is C15H26N2O3. The third-order valence-electron chi connectivity index (χ3n) is 4.49. The molecule has 0 aromatic heterocycles. The van der Waals surface area contributed by atoms with Gasteiger partial charge in [0, 0.05) is 19.0 Å². The molecule has 0 saturated carbocycles. The molecule has 0 unspecified atom stereocenters. The number of likely N-dealkylation sites (tertiary alicyclic amines) is 2. The molecule has 114 valence electrons. The molecule has 2 saturated heterocycles. The van der Waals surface area contributed by atoms with Crippen LogP contribution in [0.15, 0.2) is 0 Å². The Bertz CT molecular complexity index is 343. The second-order valence-corrected chi connectivity index (χ2v) is 5.93. The van der Waals surface area contributed by atoms with Gasteiger partial charge in [-0.25, -0.2) is 0 Å². The quantitative estimate of drug-likeness (QED) is 0.728. The van der Waals surface area contributed by atoms with Crippen molar-refractivity contribution in [1.82, 2.24) is 9.80 Å². The predicted molar refractivity (Wildman–Crippen MR) is 76.2 cm³/mol. The van der Waals surface area contributed by atoms with Crippen LogP contribution < -0.4 is 0 Å². The highest BCUT2D eigenvalue weighted by atomic mass is 16.5. The zero-order valence-electron chi connectivity index (χ0n) is 12.6. The van der Waals surface area contributed by atoms with Crippen molar-refractivity contribution in [2.75, 3.05) is 39.8 Å². The van der Waals surface area contributed by atoms with Gasteiger partial charge in [-0.2, -0.15) is 0 Å². The van der Waals surface area contributed by atoms with Crippen molar-refractivity contribution in [2.24, 2.45) is 11.8 Å². The first kappa shape index (κ1) is 15.3. The summed E-state index contributed by atoms with van der Waals surface area (Å²) in [6.07, 6.45) is 3.43. The fraction of sp³-hybridized carbons (Fsp3) is 0.867. The van der Waals surface area contributed by atoms with Gasteiger partial charge in [0.1, 0.15) is 0 Å². The molecule has 0 aromatic carbocycles. The molecule has 5 nitrogen and oxygen atoms in total. The van der Waals surface area contributed by atoms with Crippen LogP contribution >= 0.6 is 0 Å². The molecule has 0 atom stereocenters. The number of nitrogens with zero attached hydrogens (tertiary/aromatic N) is 2. The first-order chi connectivity index (χ1) is 9.61. The first-order valence-electron chi connectivity index (χ1n) is 7.75. The highest BCUT2D eigenvalue weighted by Gasteiger charge is 2.32. The Kier molecular flexibility index (Phi) is 5.40. The molecule has 5 heteroatoms. The zero-order chi connectivity index (χ0) is 14.5. The number of carbonyl (C=O) groups excluding carboxylic acids is 2. The Morgan fingerprint density at radius 1 is 1.00 bits per heavy atom. The monoisotopic (exact) mass is 282 g/mol. The molecule has 1 amide bonds. The van der Waals surface area contributed by atoms with Gasteiger partial charge in [-0.05, 0) is 52.7 Å². The van der Waals surface area contributed by atoms with Crippen LogP contribution in [0.25, 0.3) is 0 Å². The Labute approximate surface area is 121 Å². The van der Waals surface area contributed by atoms with Gasteiger partial charge in [0.2, 0.25) is 5.91 Å². The van der Waals surface area contributed by atoms with Crippen LogP contribution in [0.1, 0.15) is 32.6 Å². The van der Waals surface area contributed by atoms with Crippen LogP contribution in [-0.2, 0) is 14.3 Å². The van der Waals surface area contributed by atoms with Crippen molar-refractivity contribution >= 4 is 11.9 Å². The van der Waals surface area contributed by atoms with Crippen molar-refractivity contribution in [3.05, 3.63) is 0 Å². The van der Waals surface area contributed by atoms with E-state index in [1.807, 2.05) is 11.8 Å². The Hall–Kier alpha value is -1.10. The molecule has 0 aromatic rings. The van der Waals surface area contributed by atoms with Crippen LogP contribution in [-0.4, -0.2) is 61.5 Å². The average Bonchev–Trinajstić information content (AvgIpc) is 2.48. The lowest BCUT2D eigenvalue weighted by Crippen LogP contribution is -2.45. The lowest BCUT2D eigenvalue weighted by molar-refractivity contribution is -0.152. The summed E-state index contributed by atoms with van der Waals surface area (Å²) in [7, 11) is 2.10. The maximum Gasteiger partial charge on any atom is 0.309 e. The molecule has 0 spiro atoms. The zero-order valence-corrected chi connectivity index (χ0v) is 12.6. The molecule has 0 aliphatic carbocycles. The summed E-state index contributed by atoms with van der Waals surface area (Å²) in [4.78, 5) is 28.4. The Balaban J connectivity index is 1.78. The van der Waals surface area contributed by atoms with Gasteiger partial charge >= 0.3 is 5.97 Å². The number of hydrogen-bond acceptors (Lipinski definition) is 4. The topological polar surface area (TPSA) is 49.9 Å². The summed E-state index contributed by atoms with van der Waals surface area (Å²) < 4.78 is 5.06. The Morgan fingerprint density at radius 3 is 2.10 bits per heavy atom. The van der Waals surface area contributed by atoms with E-state index in [0.717, 1.165) is 38.8 Å². The predicted octanol–water partition coefficient (Wildman–Crippen LogP) is 1.13. The SMILES string of the molecule is CCOC(=O)C1CCN(C(=O)C2CCN(C)CC2)CC1. The van der Waals surface area contributed by atoms with Gasteiger partial charge in [-0.3, -0.25) is 9.59 Å². The summed E-state index contributed by atoms with van der Waals surface area (Å²) >= 11 is 0. The van der Waals surface area contributed by atoms with Crippen LogP contribution in [0.5, 0.6) is 0 Å². The number of ether oxygens (including phenoxy) is 1. The van der Waals surface area contributed by atoms with Crippen LogP contribution in [0.3, 0.4) is 0 Å². The highest BCUT2D eigenvalue weighted by Crippen LogP contribution is 2.24. The molecule has 0 radical (unpaired) electrons. The van der Waals surface area contributed by atoms with E-state index in [1.165, 1.54) is 0 Å². The minimum absolute atomic E-state index is 0.0171. The largest absolute Gasteiger partial charge is 0.466 e. The normalized spacial score (nSPS) is 22.8. The second-order valence-electron chi connectivity index (χ2n) is 5.93. The summed E-state index contributed by atoms with van der Waals surface area (Å²) in [6, 6.07) is 0. The number of esters is 1. The van der Waals surface area contributed by atoms with Crippen molar-refractivity contribution in [1.29, 1.82) is 0 Å². The lowest BCUT2D eigenvalue weighted by Gasteiger charge is -2.36. The molecule has 0 bridgehead atoms. The van der Waals surface area contributed by atoms with Gasteiger partial charge in [0.25, 0.3) is 0 Å². The Morgan fingerprint density at radius 2 is 1.55 bits per heavy atom. The van der Waals surface area contributed by atoms with E-state index in [0.29, 0.717) is 25.6 Å². The van der Waals surface area contributed by atoms with Gasteiger partial charge in [-0.15, -0.1) is 0 Å². The van der Waals surface area contributed by atoms with E-state index in [1.54, 1.807) is 0 Å². The van der Waals surface area contributed by atoms with E-state index in [-0.39, 0.29) is 17.8 Å². The van der Waals surface area contributed by atoms with Crippen molar-refractivity contribution < 1.29 is 14.3 Å². The standard InChI is InChI=1S/C15H26N2O3/c1-3-20-15(19)13-6-10-17(11-7-13)14(18)12-4-8-16(2)9-5-12/h12-13H,3-11H2,1-2H3. The summed E-state index contributed by atoms with van der Waals surface area (Å²) in [6.45, 7) is 5.69. The van der Waals surface area contributed by atoms with Crippen LogP contribution in [0.4, 0.5) is 0 Å². The first-order valence-corrected chi connectivity index (χ1v) is 7.75. The second kappa shape index (κ2) is 7.07. The summed E-state index contributed by atoms with van der Waals surface area (Å²) in [5.41, 5.74) is 0. The maximum absolute atomic E-state index is 12.5. The average molecular weight is 282 g/mol. The number of hydrogen-bond donors (Lipinski definition) is 0. The van der Waals surface area contributed by atoms with Crippen molar-refractivity contribution in [2.45, 2.75) is 32.6 Å². The van der Waals surface area contributed by atoms with Gasteiger partial charge in [0.05, 0.1) is 12.5 Å². The fourth-order valence-electron chi connectivity index (χ4n) is 3.11. The minimum atomic E-state index is -0.0982.